The first-order valence-corrected chi connectivity index (χ1v) is 7.55. The van der Waals surface area contributed by atoms with E-state index in [4.69, 9.17) is 0 Å². The summed E-state index contributed by atoms with van der Waals surface area (Å²) >= 11 is 3.47. The Labute approximate surface area is 127 Å². The molecular weight excluding hydrogens is 385 g/mol. The number of hydrogen-bond donors (Lipinski definition) is 1. The predicted octanol–water partition coefficient (Wildman–Crippen LogP) is 2.88. The standard InChI is InChI=1S/C12H11F2IN2OS/c1-6-10(19-12(15)17-6)11(18)16-5-7-2-3-8(13)4-9(7)14/h2-4,6,10H,5H2,1H3,(H,16,18). The maximum absolute atomic E-state index is 13.4. The first-order chi connectivity index (χ1) is 8.97. The number of amides is 1. The van der Waals surface area contributed by atoms with E-state index >= 15 is 0 Å². The van der Waals surface area contributed by atoms with Gasteiger partial charge in [0.15, 0.2) is 0 Å². The lowest BCUT2D eigenvalue weighted by molar-refractivity contribution is -0.120. The van der Waals surface area contributed by atoms with Crippen molar-refractivity contribution >= 4 is 43.3 Å². The summed E-state index contributed by atoms with van der Waals surface area (Å²) in [6.07, 6.45) is 0. The summed E-state index contributed by atoms with van der Waals surface area (Å²) in [5.74, 6) is -1.47. The first-order valence-electron chi connectivity index (χ1n) is 5.59. The van der Waals surface area contributed by atoms with E-state index in [9.17, 15) is 13.6 Å². The molecule has 7 heteroatoms. The van der Waals surface area contributed by atoms with Crippen LogP contribution < -0.4 is 5.32 Å². The maximum Gasteiger partial charge on any atom is 0.236 e. The topological polar surface area (TPSA) is 41.5 Å². The van der Waals surface area contributed by atoms with E-state index in [0.29, 0.717) is 0 Å². The van der Waals surface area contributed by atoms with E-state index in [2.05, 4.69) is 32.9 Å². The van der Waals surface area contributed by atoms with E-state index < -0.39 is 11.6 Å². The molecule has 2 atom stereocenters. The van der Waals surface area contributed by atoms with Gasteiger partial charge in [-0.15, -0.1) is 0 Å². The van der Waals surface area contributed by atoms with Gasteiger partial charge in [-0.25, -0.2) is 8.78 Å². The number of nitrogens with one attached hydrogen (secondary N) is 1. The Hall–Kier alpha value is -0.700. The third-order valence-electron chi connectivity index (χ3n) is 2.69. The smallest absolute Gasteiger partial charge is 0.236 e. The van der Waals surface area contributed by atoms with Crippen LogP contribution in [-0.2, 0) is 11.3 Å². The van der Waals surface area contributed by atoms with E-state index in [-0.39, 0.29) is 29.3 Å². The molecule has 0 aliphatic carbocycles. The molecule has 0 saturated carbocycles. The number of aliphatic imine (C=N–C) groups is 1. The molecule has 102 valence electrons. The second kappa shape index (κ2) is 6.17. The van der Waals surface area contributed by atoms with Crippen LogP contribution in [0.3, 0.4) is 0 Å². The quantitative estimate of drug-likeness (QED) is 0.799. The highest BCUT2D eigenvalue weighted by molar-refractivity contribution is 14.1. The van der Waals surface area contributed by atoms with Crippen LogP contribution >= 0.6 is 34.4 Å². The van der Waals surface area contributed by atoms with Crippen LogP contribution in [0.1, 0.15) is 12.5 Å². The van der Waals surface area contributed by atoms with Crippen molar-refractivity contribution in [3.63, 3.8) is 0 Å². The van der Waals surface area contributed by atoms with Gasteiger partial charge in [-0.1, -0.05) is 17.8 Å². The van der Waals surface area contributed by atoms with Gasteiger partial charge in [-0.05, 0) is 35.6 Å². The summed E-state index contributed by atoms with van der Waals surface area (Å²) in [5.41, 5.74) is 0.265. The molecule has 0 spiro atoms. The third-order valence-corrected chi connectivity index (χ3v) is 4.90. The summed E-state index contributed by atoms with van der Waals surface area (Å²) in [6, 6.07) is 3.22. The van der Waals surface area contributed by atoms with Crippen molar-refractivity contribution in [1.29, 1.82) is 0 Å². The lowest BCUT2D eigenvalue weighted by atomic mass is 10.2. The van der Waals surface area contributed by atoms with Crippen molar-refractivity contribution in [2.75, 3.05) is 0 Å². The van der Waals surface area contributed by atoms with E-state index in [1.807, 2.05) is 6.92 Å². The highest BCUT2D eigenvalue weighted by Gasteiger charge is 2.31. The van der Waals surface area contributed by atoms with E-state index in [1.165, 1.54) is 23.9 Å². The molecule has 1 aliphatic rings. The van der Waals surface area contributed by atoms with Gasteiger partial charge in [0.2, 0.25) is 5.91 Å². The SMILES string of the molecule is CC1N=C(I)SC1C(=O)NCc1ccc(F)cc1F. The molecule has 0 saturated heterocycles. The summed E-state index contributed by atoms with van der Waals surface area (Å²) in [4.78, 5) is 16.2. The fourth-order valence-electron chi connectivity index (χ4n) is 1.68. The molecule has 19 heavy (non-hydrogen) atoms. The lowest BCUT2D eigenvalue weighted by Gasteiger charge is -2.13. The monoisotopic (exact) mass is 396 g/mol. The van der Waals surface area contributed by atoms with Gasteiger partial charge in [-0.2, -0.15) is 0 Å². The predicted molar refractivity (Wildman–Crippen MR) is 80.5 cm³/mol. The molecule has 1 aliphatic heterocycles. The largest absolute Gasteiger partial charge is 0.351 e. The normalized spacial score (nSPS) is 22.2. The number of carbonyl (C=O) groups is 1. The van der Waals surface area contributed by atoms with Crippen molar-refractivity contribution < 1.29 is 13.6 Å². The average molecular weight is 396 g/mol. The molecule has 1 N–H and O–H groups in total. The minimum Gasteiger partial charge on any atom is -0.351 e. The van der Waals surface area contributed by atoms with Crippen molar-refractivity contribution in [3.8, 4) is 0 Å². The fourth-order valence-corrected chi connectivity index (χ4v) is 3.83. The van der Waals surface area contributed by atoms with E-state index in [1.54, 1.807) is 0 Å². The molecule has 2 unspecified atom stereocenters. The number of halogens is 3. The summed E-state index contributed by atoms with van der Waals surface area (Å²) in [6.45, 7) is 1.91. The van der Waals surface area contributed by atoms with Gasteiger partial charge in [0.05, 0.1) is 6.04 Å². The molecule has 1 aromatic carbocycles. The van der Waals surface area contributed by atoms with Gasteiger partial charge < -0.3 is 5.32 Å². The number of rotatable bonds is 3. The molecule has 3 nitrogen and oxygen atoms in total. The van der Waals surface area contributed by atoms with E-state index in [0.717, 1.165) is 9.12 Å². The molecule has 0 aromatic heterocycles. The number of nitrogens with zero attached hydrogens (tertiary/aromatic N) is 1. The zero-order valence-electron chi connectivity index (χ0n) is 9.99. The molecule has 0 fully saturated rings. The molecule has 1 amide bonds. The summed E-state index contributed by atoms with van der Waals surface area (Å²) in [7, 11) is 0. The van der Waals surface area contributed by atoms with Crippen LogP contribution in [0.25, 0.3) is 0 Å². The molecular formula is C12H11F2IN2OS. The molecule has 0 radical (unpaired) electrons. The average Bonchev–Trinajstić information content (AvgIpc) is 2.67. The second-order valence-electron chi connectivity index (χ2n) is 4.11. The van der Waals surface area contributed by atoms with Crippen LogP contribution in [0, 0.1) is 11.6 Å². The Morgan fingerprint density at radius 2 is 2.26 bits per heavy atom. The molecule has 2 rings (SSSR count). The number of hydrogen-bond acceptors (Lipinski definition) is 3. The minimum atomic E-state index is -0.654. The van der Waals surface area contributed by atoms with Crippen molar-refractivity contribution in [2.45, 2.75) is 24.8 Å². The number of thioether (sulfide) groups is 1. The molecule has 1 heterocycles. The summed E-state index contributed by atoms with van der Waals surface area (Å²) < 4.78 is 27.0. The summed E-state index contributed by atoms with van der Waals surface area (Å²) in [5, 5.41) is 2.37. The Morgan fingerprint density at radius 3 is 2.84 bits per heavy atom. The highest BCUT2D eigenvalue weighted by Crippen LogP contribution is 2.30. The van der Waals surface area contributed by atoms with Crippen molar-refractivity contribution in [2.24, 2.45) is 4.99 Å². The Morgan fingerprint density at radius 1 is 1.53 bits per heavy atom. The zero-order valence-corrected chi connectivity index (χ0v) is 13.0. The Bertz CT molecular complexity index is 538. The first kappa shape index (κ1) is 14.7. The lowest BCUT2D eigenvalue weighted by Crippen LogP contribution is -2.36. The molecule has 0 bridgehead atoms. The zero-order chi connectivity index (χ0) is 14.0. The van der Waals surface area contributed by atoms with Gasteiger partial charge >= 0.3 is 0 Å². The number of carbonyl (C=O) groups excluding carboxylic acids is 1. The highest BCUT2D eigenvalue weighted by atomic mass is 127. The minimum absolute atomic E-state index is 0.0469. The van der Waals surface area contributed by atoms with Crippen molar-refractivity contribution in [1.82, 2.24) is 5.32 Å². The fraction of sp³-hybridized carbons (Fsp3) is 0.333. The number of benzene rings is 1. The van der Waals surface area contributed by atoms with Crippen molar-refractivity contribution in [3.05, 3.63) is 35.4 Å². The molecule has 1 aromatic rings. The van der Waals surface area contributed by atoms with Crippen LogP contribution in [0.5, 0.6) is 0 Å². The van der Waals surface area contributed by atoms with Crippen LogP contribution in [0.4, 0.5) is 8.78 Å². The third kappa shape index (κ3) is 3.65. The Kier molecular flexibility index (Phi) is 4.77. The Balaban J connectivity index is 1.94. The van der Waals surface area contributed by atoms with Crippen LogP contribution in [0.2, 0.25) is 0 Å². The maximum atomic E-state index is 13.4. The van der Waals surface area contributed by atoms with Gasteiger partial charge in [0.1, 0.15) is 19.9 Å². The van der Waals surface area contributed by atoms with Gasteiger partial charge in [0, 0.05) is 18.2 Å². The van der Waals surface area contributed by atoms with Gasteiger partial charge in [-0.3, -0.25) is 9.79 Å². The van der Waals surface area contributed by atoms with Crippen LogP contribution in [0.15, 0.2) is 23.2 Å². The van der Waals surface area contributed by atoms with Crippen LogP contribution in [-0.4, -0.2) is 20.2 Å². The van der Waals surface area contributed by atoms with Gasteiger partial charge in [0.25, 0.3) is 0 Å². The second-order valence-corrected chi connectivity index (χ2v) is 7.00.